The maximum Gasteiger partial charge on any atom is 0.176 e. The molecule has 13 heavy (non-hydrogen) atoms. The van der Waals surface area contributed by atoms with Gasteiger partial charge in [0.1, 0.15) is 6.61 Å². The van der Waals surface area contributed by atoms with Crippen LogP contribution in [0, 0.1) is 5.92 Å². The van der Waals surface area contributed by atoms with E-state index >= 15 is 0 Å². The maximum absolute atomic E-state index is 8.86. The summed E-state index contributed by atoms with van der Waals surface area (Å²) in [7, 11) is 0. The predicted molar refractivity (Wildman–Crippen MR) is 45.7 cm³/mol. The topological polar surface area (TPSA) is 63.8 Å². The Kier molecular flexibility index (Phi) is 2.54. The highest BCUT2D eigenvalue weighted by molar-refractivity contribution is 4.77. The summed E-state index contributed by atoms with van der Waals surface area (Å²) in [5.74, 6) is 1.52. The van der Waals surface area contributed by atoms with Crippen molar-refractivity contribution in [1.82, 2.24) is 20.2 Å². The highest BCUT2D eigenvalue weighted by atomic mass is 16.3. The first-order valence-corrected chi connectivity index (χ1v) is 4.76. The van der Waals surface area contributed by atoms with Crippen LogP contribution in [0.1, 0.15) is 31.5 Å². The molecule has 1 aliphatic rings. The van der Waals surface area contributed by atoms with E-state index in [1.807, 2.05) is 0 Å². The Hall–Kier alpha value is -0.970. The van der Waals surface area contributed by atoms with E-state index in [0.717, 1.165) is 18.9 Å². The summed E-state index contributed by atoms with van der Waals surface area (Å²) < 4.78 is 1.68. The molecule has 1 saturated carbocycles. The van der Waals surface area contributed by atoms with Gasteiger partial charge in [-0.3, -0.25) is 0 Å². The van der Waals surface area contributed by atoms with Gasteiger partial charge >= 0.3 is 0 Å². The van der Waals surface area contributed by atoms with E-state index in [4.69, 9.17) is 5.11 Å². The summed E-state index contributed by atoms with van der Waals surface area (Å²) in [5.41, 5.74) is 0. The third kappa shape index (κ3) is 2.24. The van der Waals surface area contributed by atoms with Crippen LogP contribution < -0.4 is 0 Å². The summed E-state index contributed by atoms with van der Waals surface area (Å²) in [5, 5.41) is 19.9. The Morgan fingerprint density at radius 1 is 1.46 bits per heavy atom. The van der Waals surface area contributed by atoms with E-state index < -0.39 is 0 Å². The van der Waals surface area contributed by atoms with Gasteiger partial charge in [0, 0.05) is 6.54 Å². The molecule has 1 fully saturated rings. The lowest BCUT2D eigenvalue weighted by atomic mass is 10.2. The quantitative estimate of drug-likeness (QED) is 0.714. The number of hydrogen-bond donors (Lipinski definition) is 1. The Bertz CT molecular complexity index is 269. The van der Waals surface area contributed by atoms with Gasteiger partial charge in [-0.05, 0) is 29.2 Å². The summed E-state index contributed by atoms with van der Waals surface area (Å²) in [6.07, 6.45) is 5.17. The van der Waals surface area contributed by atoms with E-state index in [0.29, 0.717) is 5.82 Å². The van der Waals surface area contributed by atoms with Crippen molar-refractivity contribution >= 4 is 0 Å². The average molecular weight is 182 g/mol. The highest BCUT2D eigenvalue weighted by Crippen LogP contribution is 2.33. The second-order valence-electron chi connectivity index (χ2n) is 3.56. The van der Waals surface area contributed by atoms with E-state index in [9.17, 15) is 0 Å². The second-order valence-corrected chi connectivity index (χ2v) is 3.56. The minimum absolute atomic E-state index is 0.0730. The van der Waals surface area contributed by atoms with Crippen LogP contribution >= 0.6 is 0 Å². The SMILES string of the molecule is OCc1nnnn1CCCC1CC1. The second kappa shape index (κ2) is 3.83. The molecule has 1 aromatic rings. The van der Waals surface area contributed by atoms with Gasteiger partial charge in [-0.2, -0.15) is 0 Å². The molecule has 0 atom stereocenters. The molecule has 1 N–H and O–H groups in total. The van der Waals surface area contributed by atoms with Gasteiger partial charge in [-0.15, -0.1) is 5.10 Å². The summed E-state index contributed by atoms with van der Waals surface area (Å²) in [6.45, 7) is 0.760. The number of rotatable bonds is 5. The van der Waals surface area contributed by atoms with Gasteiger partial charge in [-0.25, -0.2) is 4.68 Å². The maximum atomic E-state index is 8.86. The third-order valence-electron chi connectivity index (χ3n) is 2.43. The Labute approximate surface area is 76.8 Å². The van der Waals surface area contributed by atoms with Crippen LogP contribution in [0.25, 0.3) is 0 Å². The summed E-state index contributed by atoms with van der Waals surface area (Å²) in [6, 6.07) is 0. The number of nitrogens with zero attached hydrogens (tertiary/aromatic N) is 4. The van der Waals surface area contributed by atoms with Crippen LogP contribution in [0.4, 0.5) is 0 Å². The zero-order valence-electron chi connectivity index (χ0n) is 7.56. The van der Waals surface area contributed by atoms with Gasteiger partial charge in [-0.1, -0.05) is 12.8 Å². The Morgan fingerprint density at radius 3 is 3.00 bits per heavy atom. The van der Waals surface area contributed by atoms with Crippen LogP contribution in [0.3, 0.4) is 0 Å². The molecule has 0 amide bonds. The van der Waals surface area contributed by atoms with Crippen LogP contribution in [0.15, 0.2) is 0 Å². The van der Waals surface area contributed by atoms with Crippen LogP contribution in [-0.4, -0.2) is 25.3 Å². The van der Waals surface area contributed by atoms with Crippen LogP contribution in [-0.2, 0) is 13.2 Å². The molecular weight excluding hydrogens is 168 g/mol. The van der Waals surface area contributed by atoms with Gasteiger partial charge < -0.3 is 5.11 Å². The van der Waals surface area contributed by atoms with Crippen molar-refractivity contribution in [3.63, 3.8) is 0 Å². The normalized spacial score (nSPS) is 16.4. The fraction of sp³-hybridized carbons (Fsp3) is 0.875. The van der Waals surface area contributed by atoms with Crippen LogP contribution in [0.5, 0.6) is 0 Å². The number of aromatic nitrogens is 4. The molecular formula is C8H14N4O. The van der Waals surface area contributed by atoms with Gasteiger partial charge in [0.2, 0.25) is 0 Å². The van der Waals surface area contributed by atoms with Crippen LogP contribution in [0.2, 0.25) is 0 Å². The van der Waals surface area contributed by atoms with Crippen molar-refractivity contribution in [2.75, 3.05) is 0 Å². The number of aliphatic hydroxyl groups is 1. The lowest BCUT2D eigenvalue weighted by molar-refractivity contribution is 0.261. The van der Waals surface area contributed by atoms with E-state index in [1.165, 1.54) is 19.3 Å². The van der Waals surface area contributed by atoms with Crippen molar-refractivity contribution in [2.45, 2.75) is 38.8 Å². The average Bonchev–Trinajstić information content (AvgIpc) is 2.84. The molecule has 0 radical (unpaired) electrons. The fourth-order valence-electron chi connectivity index (χ4n) is 1.45. The minimum Gasteiger partial charge on any atom is -0.388 e. The molecule has 0 spiro atoms. The van der Waals surface area contributed by atoms with Crippen molar-refractivity contribution < 1.29 is 5.11 Å². The first kappa shape index (κ1) is 8.62. The highest BCUT2D eigenvalue weighted by Gasteiger charge is 2.20. The lowest BCUT2D eigenvalue weighted by Gasteiger charge is -2.01. The zero-order valence-corrected chi connectivity index (χ0v) is 7.56. The molecule has 5 nitrogen and oxygen atoms in total. The predicted octanol–water partition coefficient (Wildman–Crippen LogP) is 0.356. The lowest BCUT2D eigenvalue weighted by Crippen LogP contribution is -2.06. The first-order chi connectivity index (χ1) is 6.40. The standard InChI is InChI=1S/C8H14N4O/c13-6-8-9-10-11-12(8)5-1-2-7-3-4-7/h7,13H,1-6H2. The first-order valence-electron chi connectivity index (χ1n) is 4.76. The van der Waals surface area contributed by atoms with Gasteiger partial charge in [0.25, 0.3) is 0 Å². The molecule has 0 unspecified atom stereocenters. The molecule has 5 heteroatoms. The van der Waals surface area contributed by atoms with Crippen molar-refractivity contribution in [1.29, 1.82) is 0 Å². The number of hydrogen-bond acceptors (Lipinski definition) is 4. The van der Waals surface area contributed by atoms with Crippen molar-refractivity contribution in [3.8, 4) is 0 Å². The molecule has 1 heterocycles. The Balaban J connectivity index is 1.78. The molecule has 0 bridgehead atoms. The molecule has 2 rings (SSSR count). The van der Waals surface area contributed by atoms with Gasteiger partial charge in [0.05, 0.1) is 0 Å². The fourth-order valence-corrected chi connectivity index (χ4v) is 1.45. The minimum atomic E-state index is -0.0730. The molecule has 1 aromatic heterocycles. The number of aryl methyl sites for hydroxylation is 1. The Morgan fingerprint density at radius 2 is 2.31 bits per heavy atom. The molecule has 0 saturated heterocycles. The summed E-state index contributed by atoms with van der Waals surface area (Å²) >= 11 is 0. The number of aliphatic hydroxyl groups excluding tert-OH is 1. The molecule has 72 valence electrons. The molecule has 0 aliphatic heterocycles. The van der Waals surface area contributed by atoms with E-state index in [2.05, 4.69) is 15.5 Å². The molecule has 0 aromatic carbocycles. The summed E-state index contributed by atoms with van der Waals surface area (Å²) in [4.78, 5) is 0. The largest absolute Gasteiger partial charge is 0.388 e. The third-order valence-corrected chi connectivity index (χ3v) is 2.43. The zero-order chi connectivity index (χ0) is 9.10. The van der Waals surface area contributed by atoms with E-state index in [-0.39, 0.29) is 6.61 Å². The number of tetrazole rings is 1. The molecule has 1 aliphatic carbocycles. The van der Waals surface area contributed by atoms with Gasteiger partial charge in [0.15, 0.2) is 5.82 Å². The smallest absolute Gasteiger partial charge is 0.176 e. The van der Waals surface area contributed by atoms with Crippen molar-refractivity contribution in [2.24, 2.45) is 5.92 Å². The monoisotopic (exact) mass is 182 g/mol. The van der Waals surface area contributed by atoms with E-state index in [1.54, 1.807) is 4.68 Å². The van der Waals surface area contributed by atoms with Crippen molar-refractivity contribution in [3.05, 3.63) is 5.82 Å².